The van der Waals surface area contributed by atoms with E-state index >= 15 is 0 Å². The molecule has 0 atom stereocenters. The summed E-state index contributed by atoms with van der Waals surface area (Å²) in [6.45, 7) is -0.218. The Kier molecular flexibility index (Phi) is 5.53. The predicted molar refractivity (Wildman–Crippen MR) is 87.9 cm³/mol. The predicted octanol–water partition coefficient (Wildman–Crippen LogP) is 3.38. The van der Waals surface area contributed by atoms with Gasteiger partial charge < -0.3 is 14.8 Å². The fraction of sp³-hybridized carbons (Fsp3) is 0.133. The average Bonchev–Trinajstić information content (AvgIpc) is 2.54. The monoisotopic (exact) mass is 380 g/mol. The number of carbonyl (C=O) groups excluding carboxylic acids is 1. The summed E-state index contributed by atoms with van der Waals surface area (Å²) >= 11 is 3.18. The number of carbonyl (C=O) groups is 1. The van der Waals surface area contributed by atoms with E-state index in [0.29, 0.717) is 21.7 Å². The molecule has 120 valence electrons. The smallest absolute Gasteiger partial charge is 0.270 e. The maximum atomic E-state index is 11.9. The first-order valence-electron chi connectivity index (χ1n) is 6.51. The third kappa shape index (κ3) is 4.43. The lowest BCUT2D eigenvalue weighted by molar-refractivity contribution is -0.384. The molecule has 23 heavy (non-hydrogen) atoms. The van der Waals surface area contributed by atoms with Gasteiger partial charge in [0.25, 0.3) is 11.6 Å². The van der Waals surface area contributed by atoms with Crippen molar-refractivity contribution in [3.63, 3.8) is 0 Å². The number of non-ortho nitro benzene ring substituents is 1. The van der Waals surface area contributed by atoms with Gasteiger partial charge in [-0.05, 0) is 34.1 Å². The van der Waals surface area contributed by atoms with Crippen LogP contribution in [0.3, 0.4) is 0 Å². The van der Waals surface area contributed by atoms with E-state index < -0.39 is 10.8 Å². The summed E-state index contributed by atoms with van der Waals surface area (Å²) in [4.78, 5) is 22.1. The lowest BCUT2D eigenvalue weighted by Gasteiger charge is -2.11. The van der Waals surface area contributed by atoms with Crippen LogP contribution in [0.2, 0.25) is 0 Å². The number of anilines is 1. The van der Waals surface area contributed by atoms with Gasteiger partial charge >= 0.3 is 0 Å². The molecule has 7 nitrogen and oxygen atoms in total. The maximum absolute atomic E-state index is 11.9. The second-order valence-electron chi connectivity index (χ2n) is 4.41. The number of nitrogens with zero attached hydrogens (tertiary/aromatic N) is 1. The number of nitrogens with one attached hydrogen (secondary N) is 1. The van der Waals surface area contributed by atoms with Gasteiger partial charge in [-0.3, -0.25) is 14.9 Å². The van der Waals surface area contributed by atoms with Crippen LogP contribution in [-0.4, -0.2) is 24.5 Å². The van der Waals surface area contributed by atoms with Crippen LogP contribution in [0.4, 0.5) is 11.4 Å². The topological polar surface area (TPSA) is 90.7 Å². The molecule has 2 rings (SSSR count). The van der Waals surface area contributed by atoms with Crippen molar-refractivity contribution in [1.29, 1.82) is 0 Å². The Morgan fingerprint density at radius 1 is 1.26 bits per heavy atom. The number of benzene rings is 2. The molecule has 1 N–H and O–H groups in total. The van der Waals surface area contributed by atoms with Crippen molar-refractivity contribution in [2.45, 2.75) is 0 Å². The molecule has 0 saturated carbocycles. The van der Waals surface area contributed by atoms with Gasteiger partial charge in [0.15, 0.2) is 18.1 Å². The lowest BCUT2D eigenvalue weighted by Crippen LogP contribution is -2.20. The van der Waals surface area contributed by atoms with Gasteiger partial charge in [0.05, 0.1) is 17.7 Å². The number of para-hydroxylation sites is 2. The number of methoxy groups -OCH3 is 1. The van der Waals surface area contributed by atoms with Crippen molar-refractivity contribution in [3.8, 4) is 11.5 Å². The first kappa shape index (κ1) is 16.8. The van der Waals surface area contributed by atoms with Crippen LogP contribution in [0.1, 0.15) is 0 Å². The molecular weight excluding hydrogens is 368 g/mol. The minimum Gasteiger partial charge on any atom is -0.493 e. The van der Waals surface area contributed by atoms with E-state index in [4.69, 9.17) is 9.47 Å². The minimum atomic E-state index is -0.513. The molecule has 8 heteroatoms. The Hall–Kier alpha value is -2.61. The highest BCUT2D eigenvalue weighted by molar-refractivity contribution is 9.10. The zero-order chi connectivity index (χ0) is 16.8. The maximum Gasteiger partial charge on any atom is 0.270 e. The molecule has 0 unspecified atom stereocenters. The fourth-order valence-corrected chi connectivity index (χ4v) is 2.25. The van der Waals surface area contributed by atoms with E-state index in [1.165, 1.54) is 25.3 Å². The molecule has 0 aliphatic rings. The average molecular weight is 381 g/mol. The standard InChI is InChI=1S/C15H13BrN2O5/c1-22-13-4-2-3-5-14(13)23-9-15(19)17-12-7-6-10(18(20)21)8-11(12)16/h2-8H,9H2,1H3,(H,17,19). The Morgan fingerprint density at radius 2 is 1.96 bits per heavy atom. The highest BCUT2D eigenvalue weighted by Crippen LogP contribution is 2.28. The zero-order valence-corrected chi connectivity index (χ0v) is 13.7. The number of ether oxygens (including phenoxy) is 2. The molecule has 1 amide bonds. The number of hydrogen-bond acceptors (Lipinski definition) is 5. The Bertz CT molecular complexity index is 736. The van der Waals surface area contributed by atoms with Crippen molar-refractivity contribution in [2.24, 2.45) is 0 Å². The van der Waals surface area contributed by atoms with Crippen molar-refractivity contribution >= 4 is 33.2 Å². The largest absolute Gasteiger partial charge is 0.493 e. The Balaban J connectivity index is 1.98. The quantitative estimate of drug-likeness (QED) is 0.612. The van der Waals surface area contributed by atoms with Crippen molar-refractivity contribution < 1.29 is 19.2 Å². The summed E-state index contributed by atoms with van der Waals surface area (Å²) in [5.41, 5.74) is 0.351. The number of halogens is 1. The summed E-state index contributed by atoms with van der Waals surface area (Å²) in [6.07, 6.45) is 0. The molecule has 2 aromatic carbocycles. The molecular formula is C15H13BrN2O5. The molecule has 0 fully saturated rings. The van der Waals surface area contributed by atoms with Gasteiger partial charge in [-0.25, -0.2) is 0 Å². The third-order valence-corrected chi connectivity index (χ3v) is 3.52. The first-order chi connectivity index (χ1) is 11.0. The van der Waals surface area contributed by atoms with Crippen LogP contribution in [-0.2, 0) is 4.79 Å². The molecule has 0 heterocycles. The van der Waals surface area contributed by atoms with E-state index in [9.17, 15) is 14.9 Å². The Morgan fingerprint density at radius 3 is 2.57 bits per heavy atom. The molecule has 0 bridgehead atoms. The number of rotatable bonds is 6. The number of hydrogen-bond donors (Lipinski definition) is 1. The van der Waals surface area contributed by atoms with Crippen molar-refractivity contribution in [3.05, 3.63) is 57.1 Å². The molecule has 2 aromatic rings. The minimum absolute atomic E-state index is 0.0693. The summed E-state index contributed by atoms with van der Waals surface area (Å²) in [5.74, 6) is 0.579. The van der Waals surface area contributed by atoms with Crippen LogP contribution in [0.5, 0.6) is 11.5 Å². The van der Waals surface area contributed by atoms with E-state index in [1.807, 2.05) is 0 Å². The fourth-order valence-electron chi connectivity index (χ4n) is 1.79. The van der Waals surface area contributed by atoms with Gasteiger partial charge in [0.1, 0.15) is 0 Å². The molecule has 0 aliphatic carbocycles. The first-order valence-corrected chi connectivity index (χ1v) is 7.30. The summed E-state index contributed by atoms with van der Waals surface area (Å²) in [6, 6.07) is 11.0. The second-order valence-corrected chi connectivity index (χ2v) is 5.26. The van der Waals surface area contributed by atoms with Crippen molar-refractivity contribution in [1.82, 2.24) is 0 Å². The highest BCUT2D eigenvalue weighted by Gasteiger charge is 2.12. The molecule has 0 spiro atoms. The zero-order valence-electron chi connectivity index (χ0n) is 12.1. The molecule has 0 saturated heterocycles. The van der Waals surface area contributed by atoms with Crippen molar-refractivity contribution in [2.75, 3.05) is 19.0 Å². The third-order valence-electron chi connectivity index (χ3n) is 2.87. The number of nitro benzene ring substituents is 1. The second kappa shape index (κ2) is 7.59. The van der Waals surface area contributed by atoms with Gasteiger partial charge in [0.2, 0.25) is 0 Å². The van der Waals surface area contributed by atoms with Gasteiger partial charge in [0, 0.05) is 16.6 Å². The van der Waals surface area contributed by atoms with Crippen LogP contribution < -0.4 is 14.8 Å². The van der Waals surface area contributed by atoms with Gasteiger partial charge in [-0.1, -0.05) is 12.1 Å². The van der Waals surface area contributed by atoms with Crippen LogP contribution in [0, 0.1) is 10.1 Å². The Labute approximate surface area is 140 Å². The molecule has 0 radical (unpaired) electrons. The highest BCUT2D eigenvalue weighted by atomic mass is 79.9. The summed E-state index contributed by atoms with van der Waals surface area (Å²) in [7, 11) is 1.51. The number of nitro groups is 1. The SMILES string of the molecule is COc1ccccc1OCC(=O)Nc1ccc([N+](=O)[O-])cc1Br. The van der Waals surface area contributed by atoms with E-state index in [0.717, 1.165) is 0 Å². The van der Waals surface area contributed by atoms with Crippen LogP contribution >= 0.6 is 15.9 Å². The van der Waals surface area contributed by atoms with Gasteiger partial charge in [-0.15, -0.1) is 0 Å². The van der Waals surface area contributed by atoms with Gasteiger partial charge in [-0.2, -0.15) is 0 Å². The normalized spacial score (nSPS) is 10.0. The summed E-state index contributed by atoms with van der Waals surface area (Å²) < 4.78 is 10.9. The lowest BCUT2D eigenvalue weighted by atomic mass is 10.3. The molecule has 0 aromatic heterocycles. The summed E-state index contributed by atoms with van der Waals surface area (Å²) in [5, 5.41) is 13.3. The van der Waals surface area contributed by atoms with E-state index in [2.05, 4.69) is 21.2 Å². The van der Waals surface area contributed by atoms with Crippen LogP contribution in [0.15, 0.2) is 46.9 Å². The molecule has 0 aliphatic heterocycles. The van der Waals surface area contributed by atoms with Crippen LogP contribution in [0.25, 0.3) is 0 Å². The van der Waals surface area contributed by atoms with E-state index in [-0.39, 0.29) is 12.3 Å². The van der Waals surface area contributed by atoms with E-state index in [1.54, 1.807) is 24.3 Å². The number of amides is 1.